The lowest BCUT2D eigenvalue weighted by atomic mass is 10.1. The highest BCUT2D eigenvalue weighted by atomic mass is 16.2. The third-order valence-electron chi connectivity index (χ3n) is 4.03. The number of nitrogens with zero attached hydrogens (tertiary/aromatic N) is 1. The van der Waals surface area contributed by atoms with Gasteiger partial charge in [-0.3, -0.25) is 19.3 Å². The Labute approximate surface area is 130 Å². The molecule has 2 rings (SSSR count). The summed E-state index contributed by atoms with van der Waals surface area (Å²) in [6, 6.07) is 7.24. The van der Waals surface area contributed by atoms with E-state index in [1.807, 2.05) is 13.8 Å². The lowest BCUT2D eigenvalue weighted by Gasteiger charge is -2.16. The van der Waals surface area contributed by atoms with E-state index in [0.717, 1.165) is 18.4 Å². The summed E-state index contributed by atoms with van der Waals surface area (Å²) in [6.07, 6.45) is 2.41. The molecule has 0 aromatic heterocycles. The molecule has 0 radical (unpaired) electrons. The van der Waals surface area contributed by atoms with Crippen molar-refractivity contribution < 1.29 is 14.4 Å². The molecule has 1 N–H and O–H groups in total. The van der Waals surface area contributed by atoms with Gasteiger partial charge in [0, 0.05) is 24.4 Å². The van der Waals surface area contributed by atoms with Crippen molar-refractivity contribution in [1.82, 2.24) is 10.2 Å². The first-order chi connectivity index (χ1) is 10.5. The molecule has 0 unspecified atom stereocenters. The Balaban J connectivity index is 1.99. The summed E-state index contributed by atoms with van der Waals surface area (Å²) in [4.78, 5) is 36.6. The first-order valence-electron chi connectivity index (χ1n) is 7.78. The molecule has 1 saturated heterocycles. The summed E-state index contributed by atoms with van der Waals surface area (Å²) in [6.45, 7) is 4.37. The molecule has 0 spiro atoms. The summed E-state index contributed by atoms with van der Waals surface area (Å²) >= 11 is 0. The number of rotatable bonds is 6. The van der Waals surface area contributed by atoms with Crippen molar-refractivity contribution >= 4 is 17.7 Å². The van der Waals surface area contributed by atoms with Crippen LogP contribution in [0, 0.1) is 0 Å². The van der Waals surface area contributed by atoms with Crippen LogP contribution in [0.15, 0.2) is 24.3 Å². The Hall–Kier alpha value is -2.17. The van der Waals surface area contributed by atoms with Gasteiger partial charge >= 0.3 is 0 Å². The van der Waals surface area contributed by atoms with Crippen LogP contribution in [0.4, 0.5) is 0 Å². The van der Waals surface area contributed by atoms with Crippen molar-refractivity contribution in [3.05, 3.63) is 35.4 Å². The molecule has 5 nitrogen and oxygen atoms in total. The minimum Gasteiger partial charge on any atom is -0.349 e. The minimum atomic E-state index is -0.124. The number of carbonyl (C=O) groups excluding carboxylic acids is 3. The van der Waals surface area contributed by atoms with Crippen LogP contribution in [-0.4, -0.2) is 28.7 Å². The molecule has 0 bridgehead atoms. The first-order valence-corrected chi connectivity index (χ1v) is 7.78. The molecule has 1 aliphatic rings. The molecular formula is C17H22N2O3. The van der Waals surface area contributed by atoms with E-state index in [2.05, 4.69) is 5.32 Å². The predicted molar refractivity (Wildman–Crippen MR) is 83.1 cm³/mol. The highest BCUT2D eigenvalue weighted by molar-refractivity contribution is 6.01. The van der Waals surface area contributed by atoms with Crippen molar-refractivity contribution in [2.24, 2.45) is 0 Å². The fourth-order valence-electron chi connectivity index (χ4n) is 2.50. The second-order valence-electron chi connectivity index (χ2n) is 5.56. The zero-order chi connectivity index (χ0) is 16.1. The van der Waals surface area contributed by atoms with Crippen molar-refractivity contribution in [2.45, 2.75) is 52.1 Å². The maximum atomic E-state index is 12.1. The highest BCUT2D eigenvalue weighted by Gasteiger charge is 2.28. The number of nitrogens with one attached hydrogen (secondary N) is 1. The highest BCUT2D eigenvalue weighted by Crippen LogP contribution is 2.16. The average molecular weight is 302 g/mol. The van der Waals surface area contributed by atoms with Crippen LogP contribution in [0.1, 0.15) is 55.5 Å². The molecule has 0 atom stereocenters. The van der Waals surface area contributed by atoms with Gasteiger partial charge in [0.1, 0.15) is 0 Å². The van der Waals surface area contributed by atoms with Gasteiger partial charge in [-0.15, -0.1) is 0 Å². The van der Waals surface area contributed by atoms with Gasteiger partial charge in [-0.05, 0) is 30.5 Å². The second-order valence-corrected chi connectivity index (χ2v) is 5.56. The van der Waals surface area contributed by atoms with E-state index in [1.165, 1.54) is 4.90 Å². The largest absolute Gasteiger partial charge is 0.349 e. The number of likely N-dealkylation sites (tertiary alicyclic amines) is 1. The maximum Gasteiger partial charge on any atom is 0.251 e. The average Bonchev–Trinajstić information content (AvgIpc) is 2.85. The Morgan fingerprint density at radius 1 is 1.09 bits per heavy atom. The fraction of sp³-hybridized carbons (Fsp3) is 0.471. The molecule has 1 aromatic rings. The van der Waals surface area contributed by atoms with E-state index in [9.17, 15) is 14.4 Å². The predicted octanol–water partition coefficient (Wildman–Crippen LogP) is 2.25. The van der Waals surface area contributed by atoms with Crippen LogP contribution in [0.25, 0.3) is 0 Å². The molecule has 0 saturated carbocycles. The number of hydrogen-bond acceptors (Lipinski definition) is 3. The SMILES string of the molecule is CCC(CC)NC(=O)c1ccc(CN2C(=O)CCC2=O)cc1. The molecule has 22 heavy (non-hydrogen) atoms. The first kappa shape index (κ1) is 16.2. The number of hydrogen-bond donors (Lipinski definition) is 1. The van der Waals surface area contributed by atoms with Gasteiger partial charge in [0.05, 0.1) is 6.54 Å². The summed E-state index contributed by atoms with van der Waals surface area (Å²) in [5.74, 6) is -0.338. The summed E-state index contributed by atoms with van der Waals surface area (Å²) in [5, 5.41) is 2.98. The Morgan fingerprint density at radius 2 is 1.64 bits per heavy atom. The summed E-state index contributed by atoms with van der Waals surface area (Å²) < 4.78 is 0. The number of carbonyl (C=O) groups is 3. The molecule has 1 fully saturated rings. The van der Waals surface area contributed by atoms with Crippen LogP contribution < -0.4 is 5.32 Å². The second kappa shape index (κ2) is 7.20. The molecule has 118 valence electrons. The normalized spacial score (nSPS) is 14.8. The summed E-state index contributed by atoms with van der Waals surface area (Å²) in [5.41, 5.74) is 1.44. The van der Waals surface area contributed by atoms with Gasteiger partial charge in [0.15, 0.2) is 0 Å². The van der Waals surface area contributed by atoms with Gasteiger partial charge in [0.2, 0.25) is 11.8 Å². The van der Waals surface area contributed by atoms with Crippen LogP contribution in [0.5, 0.6) is 0 Å². The van der Waals surface area contributed by atoms with Crippen LogP contribution in [0.2, 0.25) is 0 Å². The van der Waals surface area contributed by atoms with E-state index < -0.39 is 0 Å². The molecule has 3 amide bonds. The van der Waals surface area contributed by atoms with E-state index in [0.29, 0.717) is 18.4 Å². The minimum absolute atomic E-state index is 0.0893. The smallest absolute Gasteiger partial charge is 0.251 e. The topological polar surface area (TPSA) is 66.5 Å². The van der Waals surface area contributed by atoms with Crippen molar-refractivity contribution in [2.75, 3.05) is 0 Å². The van der Waals surface area contributed by atoms with E-state index in [-0.39, 0.29) is 30.3 Å². The maximum absolute atomic E-state index is 12.1. The number of imide groups is 1. The van der Waals surface area contributed by atoms with Gasteiger partial charge < -0.3 is 5.32 Å². The molecule has 1 heterocycles. The van der Waals surface area contributed by atoms with Crippen LogP contribution >= 0.6 is 0 Å². The lowest BCUT2D eigenvalue weighted by Crippen LogP contribution is -2.33. The van der Waals surface area contributed by atoms with Crippen LogP contribution in [-0.2, 0) is 16.1 Å². The quantitative estimate of drug-likeness (QED) is 0.820. The Bertz CT molecular complexity index is 546. The van der Waals surface area contributed by atoms with E-state index in [1.54, 1.807) is 24.3 Å². The molecule has 1 aromatic carbocycles. The zero-order valence-corrected chi connectivity index (χ0v) is 13.1. The Kier molecular flexibility index (Phi) is 5.31. The molecule has 0 aliphatic carbocycles. The van der Waals surface area contributed by atoms with Gasteiger partial charge in [-0.25, -0.2) is 0 Å². The molecule has 5 heteroatoms. The van der Waals surface area contributed by atoms with Gasteiger partial charge in [-0.1, -0.05) is 26.0 Å². The fourth-order valence-corrected chi connectivity index (χ4v) is 2.50. The van der Waals surface area contributed by atoms with Crippen LogP contribution in [0.3, 0.4) is 0 Å². The number of amides is 3. The van der Waals surface area contributed by atoms with Gasteiger partial charge in [-0.2, -0.15) is 0 Å². The van der Waals surface area contributed by atoms with E-state index >= 15 is 0 Å². The number of benzene rings is 1. The molecular weight excluding hydrogens is 280 g/mol. The van der Waals surface area contributed by atoms with Crippen molar-refractivity contribution in [1.29, 1.82) is 0 Å². The third kappa shape index (κ3) is 3.72. The van der Waals surface area contributed by atoms with Crippen molar-refractivity contribution in [3.8, 4) is 0 Å². The summed E-state index contributed by atoms with van der Waals surface area (Å²) in [7, 11) is 0. The molecule has 1 aliphatic heterocycles. The zero-order valence-electron chi connectivity index (χ0n) is 13.1. The van der Waals surface area contributed by atoms with Crippen molar-refractivity contribution in [3.63, 3.8) is 0 Å². The van der Waals surface area contributed by atoms with Gasteiger partial charge in [0.25, 0.3) is 5.91 Å². The third-order valence-corrected chi connectivity index (χ3v) is 4.03. The van der Waals surface area contributed by atoms with E-state index in [4.69, 9.17) is 0 Å². The Morgan fingerprint density at radius 3 is 2.14 bits per heavy atom. The lowest BCUT2D eigenvalue weighted by molar-refractivity contribution is -0.139. The monoisotopic (exact) mass is 302 g/mol. The standard InChI is InChI=1S/C17H22N2O3/c1-3-14(4-2)18-17(22)13-7-5-12(6-8-13)11-19-15(20)9-10-16(19)21/h5-8,14H,3-4,9-11H2,1-2H3,(H,18,22).